The molecule has 19 heavy (non-hydrogen) atoms. The van der Waals surface area contributed by atoms with E-state index in [1.807, 2.05) is 6.92 Å². The Hall–Kier alpha value is -2.21. The molecule has 2 rings (SSSR count). The highest BCUT2D eigenvalue weighted by Gasteiger charge is 2.10. The maximum absolute atomic E-state index is 11.9. The second-order valence-corrected chi connectivity index (χ2v) is 4.21. The number of rotatable bonds is 5. The van der Waals surface area contributed by atoms with Gasteiger partial charge in [0.15, 0.2) is 0 Å². The quantitative estimate of drug-likeness (QED) is 0.853. The topological polar surface area (TPSA) is 74.9 Å². The van der Waals surface area contributed by atoms with Gasteiger partial charge in [-0.15, -0.1) is 0 Å². The molecule has 0 aromatic carbocycles. The number of hydrogen-bond donors (Lipinski definition) is 1. The number of aliphatic carboxylic acids is 1. The molecule has 2 aromatic heterocycles. The molecule has 0 atom stereocenters. The Bertz CT molecular complexity index is 651. The summed E-state index contributed by atoms with van der Waals surface area (Å²) in [4.78, 5) is 28.7. The summed E-state index contributed by atoms with van der Waals surface area (Å²) < 4.78 is 1.46. The summed E-state index contributed by atoms with van der Waals surface area (Å²) in [6, 6.07) is 6.76. The minimum atomic E-state index is -0.889. The Labute approximate surface area is 109 Å². The number of carboxylic acids is 1. The Kier molecular flexibility index (Phi) is 3.91. The largest absolute Gasteiger partial charge is 0.480 e. The molecule has 0 aliphatic carbocycles. The second-order valence-electron chi connectivity index (χ2n) is 4.21. The highest BCUT2D eigenvalue weighted by atomic mass is 16.4. The third kappa shape index (κ3) is 3.17. The summed E-state index contributed by atoms with van der Waals surface area (Å²) in [6.45, 7) is 2.74. The van der Waals surface area contributed by atoms with Gasteiger partial charge in [0.05, 0.1) is 12.2 Å². The first-order chi connectivity index (χ1) is 9.10. The summed E-state index contributed by atoms with van der Waals surface area (Å²) in [7, 11) is 0. The number of nitrogens with zero attached hydrogens (tertiary/aromatic N) is 3. The zero-order valence-corrected chi connectivity index (χ0v) is 10.6. The van der Waals surface area contributed by atoms with E-state index in [1.54, 1.807) is 29.3 Å². The van der Waals surface area contributed by atoms with Crippen molar-refractivity contribution in [2.75, 3.05) is 13.1 Å². The number of carboxylic acid groups (broad SMARTS) is 1. The normalized spacial score (nSPS) is 11.1. The van der Waals surface area contributed by atoms with Crippen molar-refractivity contribution in [2.45, 2.75) is 13.5 Å². The van der Waals surface area contributed by atoms with Gasteiger partial charge in [0.1, 0.15) is 5.65 Å². The van der Waals surface area contributed by atoms with Crippen molar-refractivity contribution >= 4 is 11.6 Å². The molecule has 0 bridgehead atoms. The predicted molar refractivity (Wildman–Crippen MR) is 70.0 cm³/mol. The van der Waals surface area contributed by atoms with Crippen LogP contribution >= 0.6 is 0 Å². The zero-order chi connectivity index (χ0) is 13.8. The van der Waals surface area contributed by atoms with E-state index in [9.17, 15) is 9.59 Å². The Balaban J connectivity index is 2.30. The molecule has 0 fully saturated rings. The smallest absolute Gasteiger partial charge is 0.317 e. The molecule has 2 heterocycles. The van der Waals surface area contributed by atoms with Gasteiger partial charge in [0, 0.05) is 18.8 Å². The first-order valence-electron chi connectivity index (χ1n) is 6.01. The molecule has 0 aliphatic heterocycles. The van der Waals surface area contributed by atoms with Crippen LogP contribution in [0.5, 0.6) is 0 Å². The third-order valence-electron chi connectivity index (χ3n) is 2.82. The van der Waals surface area contributed by atoms with Gasteiger partial charge in [0.25, 0.3) is 5.56 Å². The van der Waals surface area contributed by atoms with Gasteiger partial charge < -0.3 is 5.11 Å². The Morgan fingerprint density at radius 3 is 2.95 bits per heavy atom. The number of likely N-dealkylation sites (N-methyl/N-ethyl adjacent to an activating group) is 1. The van der Waals surface area contributed by atoms with Crippen molar-refractivity contribution in [3.63, 3.8) is 0 Å². The molecule has 0 amide bonds. The highest BCUT2D eigenvalue weighted by Crippen LogP contribution is 2.02. The van der Waals surface area contributed by atoms with Crippen LogP contribution in [-0.4, -0.2) is 38.4 Å². The van der Waals surface area contributed by atoms with Crippen LogP contribution in [0.3, 0.4) is 0 Å². The van der Waals surface area contributed by atoms with Gasteiger partial charge in [0.2, 0.25) is 0 Å². The van der Waals surface area contributed by atoms with Crippen LogP contribution < -0.4 is 5.56 Å². The van der Waals surface area contributed by atoms with E-state index in [4.69, 9.17) is 5.11 Å². The van der Waals surface area contributed by atoms with Gasteiger partial charge >= 0.3 is 5.97 Å². The van der Waals surface area contributed by atoms with Crippen LogP contribution in [0.15, 0.2) is 35.3 Å². The van der Waals surface area contributed by atoms with Crippen molar-refractivity contribution in [2.24, 2.45) is 0 Å². The van der Waals surface area contributed by atoms with E-state index in [1.165, 1.54) is 10.5 Å². The fourth-order valence-electron chi connectivity index (χ4n) is 1.88. The number of carbonyl (C=O) groups is 1. The number of fused-ring (bicyclic) bond motifs is 1. The van der Waals surface area contributed by atoms with Crippen molar-refractivity contribution < 1.29 is 9.90 Å². The van der Waals surface area contributed by atoms with Crippen molar-refractivity contribution in [3.8, 4) is 0 Å². The van der Waals surface area contributed by atoms with Crippen LogP contribution in [0.1, 0.15) is 12.6 Å². The first-order valence-corrected chi connectivity index (χ1v) is 6.01. The molecule has 0 radical (unpaired) electrons. The average molecular weight is 261 g/mol. The lowest BCUT2D eigenvalue weighted by atomic mass is 10.3. The predicted octanol–water partition coefficient (Wildman–Crippen LogP) is 0.601. The van der Waals surface area contributed by atoms with Crippen LogP contribution in [0.25, 0.3) is 5.65 Å². The SMILES string of the molecule is CCN(CC(=O)O)Cc1cc(=O)n2ccccc2n1. The Morgan fingerprint density at radius 1 is 1.47 bits per heavy atom. The molecule has 0 saturated carbocycles. The maximum Gasteiger partial charge on any atom is 0.317 e. The van der Waals surface area contributed by atoms with Crippen LogP contribution in [0.2, 0.25) is 0 Å². The molecule has 6 heteroatoms. The average Bonchev–Trinajstić information content (AvgIpc) is 2.37. The molecular weight excluding hydrogens is 246 g/mol. The maximum atomic E-state index is 11.9. The molecule has 6 nitrogen and oxygen atoms in total. The molecular formula is C13H15N3O3. The minimum absolute atomic E-state index is 0.0632. The molecule has 0 saturated heterocycles. The highest BCUT2D eigenvalue weighted by molar-refractivity contribution is 5.69. The zero-order valence-electron chi connectivity index (χ0n) is 10.6. The van der Waals surface area contributed by atoms with Gasteiger partial charge in [-0.3, -0.25) is 18.9 Å². The van der Waals surface area contributed by atoms with Gasteiger partial charge in [-0.2, -0.15) is 0 Å². The summed E-state index contributed by atoms with van der Waals surface area (Å²) in [6.07, 6.45) is 1.66. The molecule has 100 valence electrons. The van der Waals surface area contributed by atoms with E-state index in [0.29, 0.717) is 24.4 Å². The fraction of sp³-hybridized carbons (Fsp3) is 0.308. The molecule has 1 N–H and O–H groups in total. The molecule has 0 aliphatic rings. The van der Waals surface area contributed by atoms with Crippen molar-refractivity contribution in [3.05, 3.63) is 46.5 Å². The van der Waals surface area contributed by atoms with E-state index in [0.717, 1.165) is 0 Å². The summed E-state index contributed by atoms with van der Waals surface area (Å²) in [5.41, 5.74) is 0.989. The van der Waals surface area contributed by atoms with E-state index < -0.39 is 5.97 Å². The summed E-state index contributed by atoms with van der Waals surface area (Å²) in [5, 5.41) is 8.79. The van der Waals surface area contributed by atoms with Crippen molar-refractivity contribution in [1.29, 1.82) is 0 Å². The lowest BCUT2D eigenvalue weighted by Gasteiger charge is -2.17. The lowest BCUT2D eigenvalue weighted by molar-refractivity contribution is -0.138. The molecule has 0 spiro atoms. The van der Waals surface area contributed by atoms with Crippen molar-refractivity contribution in [1.82, 2.24) is 14.3 Å². The van der Waals surface area contributed by atoms with Gasteiger partial charge in [-0.1, -0.05) is 13.0 Å². The second kappa shape index (κ2) is 5.62. The molecule has 0 unspecified atom stereocenters. The summed E-state index contributed by atoms with van der Waals surface area (Å²) >= 11 is 0. The standard InChI is InChI=1S/C13H15N3O3/c1-2-15(9-13(18)19)8-10-7-12(17)16-6-4-3-5-11(16)14-10/h3-7H,2,8-9H2,1H3,(H,18,19). The first kappa shape index (κ1) is 13.2. The van der Waals surface area contributed by atoms with Crippen LogP contribution in [0, 0.1) is 0 Å². The van der Waals surface area contributed by atoms with Crippen LogP contribution in [-0.2, 0) is 11.3 Å². The van der Waals surface area contributed by atoms with E-state index in [2.05, 4.69) is 4.98 Å². The minimum Gasteiger partial charge on any atom is -0.480 e. The monoisotopic (exact) mass is 261 g/mol. The summed E-state index contributed by atoms with van der Waals surface area (Å²) in [5.74, 6) is -0.889. The van der Waals surface area contributed by atoms with Gasteiger partial charge in [-0.05, 0) is 18.7 Å². The number of pyridine rings is 1. The third-order valence-corrected chi connectivity index (χ3v) is 2.82. The van der Waals surface area contributed by atoms with Gasteiger partial charge in [-0.25, -0.2) is 4.98 Å². The van der Waals surface area contributed by atoms with E-state index in [-0.39, 0.29) is 12.1 Å². The number of aromatic nitrogens is 2. The van der Waals surface area contributed by atoms with Crippen LogP contribution in [0.4, 0.5) is 0 Å². The number of hydrogen-bond acceptors (Lipinski definition) is 4. The lowest BCUT2D eigenvalue weighted by Crippen LogP contribution is -2.30. The van der Waals surface area contributed by atoms with E-state index >= 15 is 0 Å². The fourth-order valence-corrected chi connectivity index (χ4v) is 1.88. The molecule has 2 aromatic rings. The Morgan fingerprint density at radius 2 is 2.26 bits per heavy atom.